The summed E-state index contributed by atoms with van der Waals surface area (Å²) in [4.78, 5) is 28.3. The number of hydrazone groups is 1. The lowest BCUT2D eigenvalue weighted by Gasteiger charge is -2.36. The molecule has 0 radical (unpaired) electrons. The predicted octanol–water partition coefficient (Wildman–Crippen LogP) is 3.93. The Hall–Kier alpha value is -3.63. The fourth-order valence-corrected chi connectivity index (χ4v) is 4.52. The molecule has 0 N–H and O–H groups in total. The summed E-state index contributed by atoms with van der Waals surface area (Å²) >= 11 is 5.94. The van der Waals surface area contributed by atoms with E-state index in [2.05, 4.69) is 5.10 Å². The molecule has 1 saturated heterocycles. The predicted molar refractivity (Wildman–Crippen MR) is 125 cm³/mol. The van der Waals surface area contributed by atoms with Gasteiger partial charge in [-0.25, -0.2) is 5.01 Å². The van der Waals surface area contributed by atoms with Crippen LogP contribution in [0.15, 0.2) is 68.9 Å². The number of anilines is 1. The van der Waals surface area contributed by atoms with Crippen molar-refractivity contribution in [2.24, 2.45) is 5.10 Å². The van der Waals surface area contributed by atoms with Crippen molar-refractivity contribution in [3.8, 4) is 0 Å². The average Bonchev–Trinajstić information content (AvgIpc) is 3.60. The Morgan fingerprint density at radius 1 is 1.12 bits per heavy atom. The van der Waals surface area contributed by atoms with Gasteiger partial charge in [-0.2, -0.15) is 5.10 Å². The number of carbonyl (C=O) groups excluding carboxylic acids is 1. The van der Waals surface area contributed by atoms with Crippen LogP contribution >= 0.6 is 11.6 Å². The van der Waals surface area contributed by atoms with Gasteiger partial charge in [-0.05, 0) is 36.4 Å². The van der Waals surface area contributed by atoms with Crippen LogP contribution in [-0.4, -0.2) is 59.2 Å². The van der Waals surface area contributed by atoms with Gasteiger partial charge in [-0.1, -0.05) is 11.6 Å². The van der Waals surface area contributed by atoms with Crippen LogP contribution in [0.5, 0.6) is 0 Å². The first kappa shape index (κ1) is 22.2. The van der Waals surface area contributed by atoms with E-state index in [1.54, 1.807) is 36.8 Å². The standard InChI is InChI=1S/C23H22ClN5O5/c24-16-5-6-18(19(13-16)29(31)32)27-9-7-26(8-10-27)15-23(30)28-20(22-4-2-12-34-22)14-17(25-28)21-3-1-11-33-21/h1-6,11-13,20H,7-10,14-15H2. The smallest absolute Gasteiger partial charge is 0.294 e. The van der Waals surface area contributed by atoms with Crippen LogP contribution in [-0.2, 0) is 4.79 Å². The number of nitro groups is 1. The van der Waals surface area contributed by atoms with E-state index in [0.717, 1.165) is 0 Å². The molecule has 2 aliphatic rings. The van der Waals surface area contributed by atoms with Crippen molar-refractivity contribution in [2.75, 3.05) is 37.6 Å². The number of benzene rings is 1. The Balaban J connectivity index is 1.26. The minimum Gasteiger partial charge on any atom is -0.467 e. The van der Waals surface area contributed by atoms with Gasteiger partial charge in [0, 0.05) is 43.7 Å². The molecule has 1 amide bonds. The maximum atomic E-state index is 13.3. The van der Waals surface area contributed by atoms with Crippen LogP contribution in [0, 0.1) is 10.1 Å². The molecule has 0 spiro atoms. The van der Waals surface area contributed by atoms with Crippen molar-refractivity contribution < 1.29 is 18.6 Å². The lowest BCUT2D eigenvalue weighted by Crippen LogP contribution is -2.49. The molecular weight excluding hydrogens is 462 g/mol. The zero-order chi connectivity index (χ0) is 23.7. The average molecular weight is 484 g/mol. The van der Waals surface area contributed by atoms with Gasteiger partial charge in [0.25, 0.3) is 11.6 Å². The molecule has 4 heterocycles. The second kappa shape index (κ2) is 9.32. The van der Waals surface area contributed by atoms with E-state index < -0.39 is 4.92 Å². The quantitative estimate of drug-likeness (QED) is 0.386. The molecule has 11 heteroatoms. The van der Waals surface area contributed by atoms with Crippen LogP contribution < -0.4 is 4.90 Å². The molecule has 34 heavy (non-hydrogen) atoms. The molecule has 0 aliphatic carbocycles. The third kappa shape index (κ3) is 4.42. The van der Waals surface area contributed by atoms with Gasteiger partial charge in [0.15, 0.2) is 0 Å². The second-order valence-corrected chi connectivity index (χ2v) is 8.59. The maximum Gasteiger partial charge on any atom is 0.294 e. The van der Waals surface area contributed by atoms with E-state index in [4.69, 9.17) is 20.4 Å². The van der Waals surface area contributed by atoms with E-state index in [9.17, 15) is 14.9 Å². The van der Waals surface area contributed by atoms with Crippen LogP contribution in [0.4, 0.5) is 11.4 Å². The molecule has 1 aromatic carbocycles. The Labute approximate surface area is 200 Å². The van der Waals surface area contributed by atoms with Crippen molar-refractivity contribution in [3.05, 3.63) is 81.6 Å². The van der Waals surface area contributed by atoms with Gasteiger partial charge in [0.05, 0.1) is 24.0 Å². The number of piperazine rings is 1. The molecule has 2 aromatic heterocycles. The van der Waals surface area contributed by atoms with Gasteiger partial charge in [-0.15, -0.1) is 0 Å². The highest BCUT2D eigenvalue weighted by Gasteiger charge is 2.36. The van der Waals surface area contributed by atoms with Crippen LogP contribution in [0.1, 0.15) is 24.0 Å². The second-order valence-electron chi connectivity index (χ2n) is 8.15. The molecule has 3 aromatic rings. The molecule has 1 unspecified atom stereocenters. The number of nitro benzene ring substituents is 1. The van der Waals surface area contributed by atoms with Crippen molar-refractivity contribution in [1.82, 2.24) is 9.91 Å². The topological polar surface area (TPSA) is 109 Å². The molecule has 0 bridgehead atoms. The van der Waals surface area contributed by atoms with Crippen LogP contribution in [0.3, 0.4) is 0 Å². The lowest BCUT2D eigenvalue weighted by molar-refractivity contribution is -0.384. The van der Waals surface area contributed by atoms with Gasteiger partial charge in [0.2, 0.25) is 0 Å². The van der Waals surface area contributed by atoms with Crippen molar-refractivity contribution in [3.63, 3.8) is 0 Å². The summed E-state index contributed by atoms with van der Waals surface area (Å²) in [6.07, 6.45) is 3.66. The summed E-state index contributed by atoms with van der Waals surface area (Å²) in [6.45, 7) is 2.46. The molecule has 2 aliphatic heterocycles. The van der Waals surface area contributed by atoms with Gasteiger partial charge < -0.3 is 13.7 Å². The Kier molecular flexibility index (Phi) is 6.08. The third-order valence-electron chi connectivity index (χ3n) is 6.05. The van der Waals surface area contributed by atoms with Crippen molar-refractivity contribution in [1.29, 1.82) is 0 Å². The fourth-order valence-electron chi connectivity index (χ4n) is 4.36. The number of furan rings is 2. The van der Waals surface area contributed by atoms with Crippen LogP contribution in [0.2, 0.25) is 5.02 Å². The summed E-state index contributed by atoms with van der Waals surface area (Å²) in [5.41, 5.74) is 1.21. The van der Waals surface area contributed by atoms with Gasteiger partial charge >= 0.3 is 0 Å². The largest absolute Gasteiger partial charge is 0.467 e. The molecule has 0 saturated carbocycles. The Morgan fingerprint density at radius 2 is 1.88 bits per heavy atom. The van der Waals surface area contributed by atoms with Crippen LogP contribution in [0.25, 0.3) is 0 Å². The lowest BCUT2D eigenvalue weighted by atomic mass is 10.1. The molecule has 5 rings (SSSR count). The first-order chi connectivity index (χ1) is 16.5. The Bertz CT molecular complexity index is 1200. The first-order valence-electron chi connectivity index (χ1n) is 10.9. The molecule has 10 nitrogen and oxygen atoms in total. The van der Waals surface area contributed by atoms with E-state index in [1.807, 2.05) is 21.9 Å². The zero-order valence-corrected chi connectivity index (χ0v) is 18.9. The van der Waals surface area contributed by atoms with Gasteiger partial charge in [0.1, 0.15) is 29.0 Å². The highest BCUT2D eigenvalue weighted by molar-refractivity contribution is 6.30. The minimum atomic E-state index is -0.423. The molecule has 1 fully saturated rings. The van der Waals surface area contributed by atoms with E-state index in [-0.39, 0.29) is 24.2 Å². The summed E-state index contributed by atoms with van der Waals surface area (Å²) < 4.78 is 11.1. The maximum absolute atomic E-state index is 13.3. The molecule has 1 atom stereocenters. The van der Waals surface area contributed by atoms with Gasteiger partial charge in [-0.3, -0.25) is 19.8 Å². The monoisotopic (exact) mass is 483 g/mol. The number of amides is 1. The number of halogens is 1. The number of carbonyl (C=O) groups is 1. The molecular formula is C23H22ClN5O5. The zero-order valence-electron chi connectivity index (χ0n) is 18.2. The Morgan fingerprint density at radius 3 is 2.56 bits per heavy atom. The summed E-state index contributed by atoms with van der Waals surface area (Å²) in [5, 5.41) is 17.8. The SMILES string of the molecule is O=C(CN1CCN(c2ccc(Cl)cc2[N+](=O)[O-])CC1)N1N=C(c2ccco2)CC1c1ccco1. The number of nitrogens with zero attached hydrogens (tertiary/aromatic N) is 5. The van der Waals surface area contributed by atoms with Crippen molar-refractivity contribution in [2.45, 2.75) is 12.5 Å². The number of rotatable bonds is 6. The molecule has 176 valence electrons. The highest BCUT2D eigenvalue weighted by Crippen LogP contribution is 2.34. The minimum absolute atomic E-state index is 0.0184. The van der Waals surface area contributed by atoms with E-state index in [0.29, 0.717) is 60.5 Å². The summed E-state index contributed by atoms with van der Waals surface area (Å²) in [6, 6.07) is 11.6. The van der Waals surface area contributed by atoms with Crippen molar-refractivity contribution >= 4 is 34.6 Å². The summed E-state index contributed by atoms with van der Waals surface area (Å²) in [7, 11) is 0. The number of hydrogen-bond acceptors (Lipinski definition) is 8. The van der Waals surface area contributed by atoms with E-state index in [1.165, 1.54) is 11.1 Å². The highest BCUT2D eigenvalue weighted by atomic mass is 35.5. The summed E-state index contributed by atoms with van der Waals surface area (Å²) in [5.74, 6) is 1.15. The number of hydrogen-bond donors (Lipinski definition) is 0. The third-order valence-corrected chi connectivity index (χ3v) is 6.28. The first-order valence-corrected chi connectivity index (χ1v) is 11.3. The van der Waals surface area contributed by atoms with E-state index >= 15 is 0 Å². The fraction of sp³-hybridized carbons (Fsp3) is 0.304. The normalized spacial score (nSPS) is 18.9.